The van der Waals surface area contributed by atoms with Gasteiger partial charge in [-0.15, -0.1) is 0 Å². The topological polar surface area (TPSA) is 88.2 Å². The first-order valence-corrected chi connectivity index (χ1v) is 11.3. The van der Waals surface area contributed by atoms with Gasteiger partial charge in [0.2, 0.25) is 0 Å². The predicted molar refractivity (Wildman–Crippen MR) is 109 cm³/mol. The maximum Gasteiger partial charge on any atom is 0.253 e. The smallest absolute Gasteiger partial charge is 0.253 e. The third-order valence-corrected chi connectivity index (χ3v) is 6.85. The number of carbonyl (C=O) groups is 1. The van der Waals surface area contributed by atoms with Gasteiger partial charge >= 0.3 is 0 Å². The monoisotopic (exact) mass is 401 g/mol. The number of nitrogens with zero attached hydrogens (tertiary/aromatic N) is 1. The molecule has 0 saturated carbocycles. The van der Waals surface area contributed by atoms with Crippen LogP contribution < -0.4 is 10.6 Å². The number of sulfone groups is 1. The van der Waals surface area contributed by atoms with E-state index in [0.717, 1.165) is 29.8 Å². The van der Waals surface area contributed by atoms with Gasteiger partial charge in [-0.05, 0) is 48.2 Å². The van der Waals surface area contributed by atoms with Crippen LogP contribution >= 0.6 is 0 Å². The van der Waals surface area contributed by atoms with E-state index in [1.165, 1.54) is 0 Å². The van der Waals surface area contributed by atoms with E-state index < -0.39 is 9.84 Å². The van der Waals surface area contributed by atoms with Crippen LogP contribution in [0.2, 0.25) is 0 Å². The number of carbonyl (C=O) groups excluding carboxylic acids is 1. The molecule has 1 aromatic carbocycles. The average molecular weight is 402 g/mol. The maximum absolute atomic E-state index is 12.5. The van der Waals surface area contributed by atoms with Crippen LogP contribution in [0.5, 0.6) is 0 Å². The minimum Gasteiger partial charge on any atom is -0.348 e. The lowest BCUT2D eigenvalue weighted by Gasteiger charge is -2.29. The lowest BCUT2D eigenvalue weighted by Crippen LogP contribution is -2.34. The highest BCUT2D eigenvalue weighted by atomic mass is 32.2. The zero-order valence-electron chi connectivity index (χ0n) is 16.5. The molecule has 1 unspecified atom stereocenters. The van der Waals surface area contributed by atoms with Crippen molar-refractivity contribution >= 4 is 15.7 Å². The van der Waals surface area contributed by atoms with Gasteiger partial charge in [0.05, 0.1) is 27.9 Å². The maximum atomic E-state index is 12.5. The molecular weight excluding hydrogens is 374 g/mol. The van der Waals surface area contributed by atoms with Gasteiger partial charge in [-0.25, -0.2) is 8.42 Å². The summed E-state index contributed by atoms with van der Waals surface area (Å²) in [7, 11) is -3.21. The third-order valence-electron chi connectivity index (χ3n) is 5.10. The number of hydrogen-bond donors (Lipinski definition) is 2. The van der Waals surface area contributed by atoms with Crippen LogP contribution in [-0.2, 0) is 22.8 Å². The Bertz CT molecular complexity index is 953. The van der Waals surface area contributed by atoms with Crippen LogP contribution in [0.1, 0.15) is 54.0 Å². The fraction of sp³-hybridized carbons (Fsp3) is 0.429. The molecule has 6 nitrogen and oxygen atoms in total. The molecule has 1 aromatic heterocycles. The van der Waals surface area contributed by atoms with Crippen molar-refractivity contribution in [3.63, 3.8) is 0 Å². The molecule has 1 atom stereocenters. The Morgan fingerprint density at radius 1 is 1.29 bits per heavy atom. The van der Waals surface area contributed by atoms with Gasteiger partial charge in [-0.1, -0.05) is 32.9 Å². The van der Waals surface area contributed by atoms with E-state index in [0.29, 0.717) is 22.9 Å². The Balaban J connectivity index is 1.67. The summed E-state index contributed by atoms with van der Waals surface area (Å²) in [4.78, 5) is 17.4. The molecule has 0 radical (unpaired) electrons. The van der Waals surface area contributed by atoms with Crippen molar-refractivity contribution in [1.29, 1.82) is 0 Å². The first kappa shape index (κ1) is 20.5. The van der Waals surface area contributed by atoms with E-state index in [4.69, 9.17) is 0 Å². The second kappa shape index (κ2) is 8.41. The molecular formula is C21H27N3O3S. The number of amides is 1. The van der Waals surface area contributed by atoms with Crippen molar-refractivity contribution in [1.82, 2.24) is 15.6 Å². The largest absolute Gasteiger partial charge is 0.348 e. The number of pyridine rings is 1. The molecule has 2 N–H and O–H groups in total. The molecule has 7 heteroatoms. The molecule has 0 fully saturated rings. The zero-order chi connectivity index (χ0) is 20.3. The van der Waals surface area contributed by atoms with E-state index in [-0.39, 0.29) is 17.7 Å². The van der Waals surface area contributed by atoms with Crippen molar-refractivity contribution in [3.05, 3.63) is 58.9 Å². The Hall–Kier alpha value is -2.25. The summed E-state index contributed by atoms with van der Waals surface area (Å²) in [5.74, 6) is 0.326. The highest BCUT2D eigenvalue weighted by Gasteiger charge is 2.24. The number of fused-ring (bicyclic) bond motifs is 1. The van der Waals surface area contributed by atoms with Crippen LogP contribution in [0.25, 0.3) is 0 Å². The molecule has 150 valence electrons. The normalized spacial score (nSPS) is 16.6. The molecule has 0 bridgehead atoms. The van der Waals surface area contributed by atoms with Gasteiger partial charge in [-0.3, -0.25) is 9.78 Å². The molecule has 0 spiro atoms. The predicted octanol–water partition coefficient (Wildman–Crippen LogP) is 2.65. The van der Waals surface area contributed by atoms with E-state index in [9.17, 15) is 13.2 Å². The van der Waals surface area contributed by atoms with E-state index in [1.54, 1.807) is 37.4 Å². The summed E-state index contributed by atoms with van der Waals surface area (Å²) >= 11 is 0. The van der Waals surface area contributed by atoms with Crippen LogP contribution in [0, 0.1) is 5.92 Å². The third kappa shape index (κ3) is 4.42. The Kier molecular flexibility index (Phi) is 6.15. The van der Waals surface area contributed by atoms with Gasteiger partial charge in [0.1, 0.15) is 0 Å². The molecule has 3 rings (SSSR count). The molecule has 2 aromatic rings. The number of aromatic nitrogens is 1. The van der Waals surface area contributed by atoms with Crippen LogP contribution in [0.4, 0.5) is 0 Å². The average Bonchev–Trinajstić information content (AvgIpc) is 2.71. The van der Waals surface area contributed by atoms with E-state index >= 15 is 0 Å². The highest BCUT2D eigenvalue weighted by Crippen LogP contribution is 2.27. The van der Waals surface area contributed by atoms with Gasteiger partial charge in [0, 0.05) is 12.7 Å². The minimum absolute atomic E-state index is 0.0710. The molecule has 1 aliphatic rings. The van der Waals surface area contributed by atoms with Crippen molar-refractivity contribution in [2.45, 2.75) is 44.7 Å². The molecule has 1 amide bonds. The first-order chi connectivity index (χ1) is 13.3. The molecule has 1 aliphatic heterocycles. The standard InChI is InChI=1S/C21H27N3O3S/c1-4-28(26,27)18-7-5-15(6-8-18)12-24-21(25)17-11-16-9-10-22-19(14(2)3)20(16)23-13-17/h5-8,11,13-14,19,22H,4,9-10,12H2,1-3H3,(H,24,25). The Labute approximate surface area is 166 Å². The minimum atomic E-state index is -3.21. The quantitative estimate of drug-likeness (QED) is 0.777. The second-order valence-electron chi connectivity index (χ2n) is 7.42. The van der Waals surface area contributed by atoms with Crippen molar-refractivity contribution in [2.24, 2.45) is 5.92 Å². The Morgan fingerprint density at radius 2 is 2.00 bits per heavy atom. The summed E-state index contributed by atoms with van der Waals surface area (Å²) in [5, 5.41) is 6.37. The molecule has 0 saturated heterocycles. The van der Waals surface area contributed by atoms with Crippen LogP contribution in [-0.4, -0.2) is 31.6 Å². The summed E-state index contributed by atoms with van der Waals surface area (Å²) < 4.78 is 23.7. The van der Waals surface area contributed by atoms with Crippen LogP contribution in [0.3, 0.4) is 0 Å². The first-order valence-electron chi connectivity index (χ1n) is 9.64. The zero-order valence-corrected chi connectivity index (χ0v) is 17.3. The fourth-order valence-electron chi connectivity index (χ4n) is 3.40. The van der Waals surface area contributed by atoms with Crippen molar-refractivity contribution in [2.75, 3.05) is 12.3 Å². The summed E-state index contributed by atoms with van der Waals surface area (Å²) in [6, 6.07) is 8.78. The van der Waals surface area contributed by atoms with Gasteiger partial charge in [-0.2, -0.15) is 0 Å². The number of rotatable bonds is 6. The summed E-state index contributed by atoms with van der Waals surface area (Å²) in [6.45, 7) is 7.15. The lowest BCUT2D eigenvalue weighted by atomic mass is 9.91. The van der Waals surface area contributed by atoms with Crippen LogP contribution in [0.15, 0.2) is 41.4 Å². The number of hydrogen-bond acceptors (Lipinski definition) is 5. The second-order valence-corrected chi connectivity index (χ2v) is 9.70. The van der Waals surface area contributed by atoms with Gasteiger partial charge < -0.3 is 10.6 Å². The van der Waals surface area contributed by atoms with E-state index in [1.807, 2.05) is 6.07 Å². The van der Waals surface area contributed by atoms with E-state index in [2.05, 4.69) is 29.5 Å². The lowest BCUT2D eigenvalue weighted by molar-refractivity contribution is 0.0950. The highest BCUT2D eigenvalue weighted by molar-refractivity contribution is 7.91. The number of benzene rings is 1. The summed E-state index contributed by atoms with van der Waals surface area (Å²) in [5.41, 5.74) is 3.55. The summed E-state index contributed by atoms with van der Waals surface area (Å²) in [6.07, 6.45) is 2.49. The molecule has 0 aliphatic carbocycles. The molecule has 2 heterocycles. The Morgan fingerprint density at radius 3 is 2.64 bits per heavy atom. The van der Waals surface area contributed by atoms with Gasteiger partial charge in [0.25, 0.3) is 5.91 Å². The molecule has 28 heavy (non-hydrogen) atoms. The van der Waals surface area contributed by atoms with Crippen molar-refractivity contribution in [3.8, 4) is 0 Å². The SMILES string of the molecule is CCS(=O)(=O)c1ccc(CNC(=O)c2cnc3c(c2)CCNC3C(C)C)cc1. The van der Waals surface area contributed by atoms with Crippen molar-refractivity contribution < 1.29 is 13.2 Å². The number of nitrogens with one attached hydrogen (secondary N) is 2. The van der Waals surface area contributed by atoms with Gasteiger partial charge in [0.15, 0.2) is 9.84 Å². The fourth-order valence-corrected chi connectivity index (χ4v) is 4.29.